The number of H-pyrrole nitrogens is 1. The van der Waals surface area contributed by atoms with Gasteiger partial charge in [-0.2, -0.15) is 0 Å². The first-order valence-electron chi connectivity index (χ1n) is 8.49. The minimum Gasteiger partial charge on any atom is -0.352 e. The number of benzene rings is 1. The number of nitrogens with zero attached hydrogens (tertiary/aromatic N) is 2. The second-order valence-electron chi connectivity index (χ2n) is 5.90. The van der Waals surface area contributed by atoms with E-state index in [-0.39, 0.29) is 12.5 Å². The normalized spacial score (nSPS) is 13.4. The molecule has 27 heavy (non-hydrogen) atoms. The van der Waals surface area contributed by atoms with Gasteiger partial charge < -0.3 is 9.88 Å². The third-order valence-corrected chi connectivity index (χ3v) is 6.03. The molecule has 1 aliphatic rings. The first-order valence-corrected chi connectivity index (χ1v) is 10.1. The molecule has 3 heterocycles. The van der Waals surface area contributed by atoms with E-state index in [9.17, 15) is 4.79 Å². The lowest BCUT2D eigenvalue weighted by Crippen LogP contribution is -2.26. The van der Waals surface area contributed by atoms with Crippen molar-refractivity contribution in [3.05, 3.63) is 74.8 Å². The Kier molecular flexibility index (Phi) is 6.37. The lowest BCUT2D eigenvalue weighted by molar-refractivity contribution is -0.116. The molecule has 1 N–H and O–H groups in total. The number of amides is 1. The molecule has 140 valence electrons. The minimum atomic E-state index is 0.00260. The van der Waals surface area contributed by atoms with Crippen molar-refractivity contribution in [2.45, 2.75) is 13.3 Å². The van der Waals surface area contributed by atoms with Crippen LogP contribution in [-0.4, -0.2) is 30.2 Å². The minimum absolute atomic E-state index is 0.00260. The van der Waals surface area contributed by atoms with Gasteiger partial charge in [-0.05, 0) is 30.7 Å². The first-order chi connectivity index (χ1) is 13.0. The molecular formula is C20H19Cl2N3OS. The highest BCUT2D eigenvalue weighted by Gasteiger charge is 2.25. The Labute approximate surface area is 172 Å². The number of anilines is 1. The maximum Gasteiger partial charge on any atom is 0.249 e. The summed E-state index contributed by atoms with van der Waals surface area (Å²) in [6.45, 7) is 2.26. The molecule has 0 saturated heterocycles. The number of aryl methyl sites for hydroxylation is 1. The van der Waals surface area contributed by atoms with Crippen LogP contribution in [0.1, 0.15) is 22.9 Å². The maximum atomic E-state index is 12.1. The highest BCUT2D eigenvalue weighted by Crippen LogP contribution is 2.36. The second-order valence-corrected chi connectivity index (χ2v) is 7.83. The fourth-order valence-electron chi connectivity index (χ4n) is 2.67. The summed E-state index contributed by atoms with van der Waals surface area (Å²) >= 11 is 13.4. The molecule has 0 fully saturated rings. The maximum absolute atomic E-state index is 12.1. The van der Waals surface area contributed by atoms with Crippen molar-refractivity contribution < 1.29 is 4.79 Å². The lowest BCUT2D eigenvalue weighted by Gasteiger charge is -2.13. The van der Waals surface area contributed by atoms with Crippen molar-refractivity contribution in [1.29, 1.82) is 0 Å². The van der Waals surface area contributed by atoms with E-state index in [1.54, 1.807) is 28.5 Å². The number of aliphatic imine (C=N–C) groups is 1. The average molecular weight is 420 g/mol. The highest BCUT2D eigenvalue weighted by atomic mass is 35.5. The Bertz CT molecular complexity index is 964. The number of thiophene rings is 1. The van der Waals surface area contributed by atoms with Crippen molar-refractivity contribution in [2.75, 3.05) is 18.5 Å². The molecule has 0 spiro atoms. The summed E-state index contributed by atoms with van der Waals surface area (Å²) in [6.07, 6.45) is 2.72. The van der Waals surface area contributed by atoms with Crippen molar-refractivity contribution >= 4 is 51.2 Å². The molecule has 1 aromatic carbocycles. The Morgan fingerprint density at radius 1 is 1.19 bits per heavy atom. The van der Waals surface area contributed by atoms with Gasteiger partial charge in [0.15, 0.2) is 0 Å². The van der Waals surface area contributed by atoms with Gasteiger partial charge in [-0.15, -0.1) is 11.3 Å². The lowest BCUT2D eigenvalue weighted by atomic mass is 10.0. The van der Waals surface area contributed by atoms with Crippen LogP contribution in [-0.2, 0) is 11.2 Å². The summed E-state index contributed by atoms with van der Waals surface area (Å²) in [5.74, 6) is 0.00260. The van der Waals surface area contributed by atoms with Crippen LogP contribution in [0, 0.1) is 0 Å². The predicted molar refractivity (Wildman–Crippen MR) is 115 cm³/mol. The predicted octanol–water partition coefficient (Wildman–Crippen LogP) is 5.45. The number of hydrogen-bond donors (Lipinski definition) is 1. The zero-order valence-electron chi connectivity index (χ0n) is 15.0. The summed E-state index contributed by atoms with van der Waals surface area (Å²) < 4.78 is 0. The van der Waals surface area contributed by atoms with Crippen LogP contribution >= 0.6 is 34.5 Å². The largest absolute Gasteiger partial charge is 0.352 e. The zero-order chi connectivity index (χ0) is 19.4. The summed E-state index contributed by atoms with van der Waals surface area (Å²) in [7, 11) is 1.81. The smallest absolute Gasteiger partial charge is 0.249 e. The number of likely N-dealkylation sites (N-methyl/N-ethyl adjacent to an activating group) is 1. The number of hydrogen-bond acceptors (Lipinski definition) is 3. The van der Waals surface area contributed by atoms with Gasteiger partial charge in [-0.3, -0.25) is 9.79 Å². The number of fused-ring (bicyclic) bond motifs is 1. The molecule has 7 heteroatoms. The monoisotopic (exact) mass is 419 g/mol. The quantitative estimate of drug-likeness (QED) is 0.589. The Hall–Kier alpha value is -2.08. The van der Waals surface area contributed by atoms with Crippen molar-refractivity contribution in [1.82, 2.24) is 4.98 Å². The molecule has 0 unspecified atom stereocenters. The molecule has 1 amide bonds. The van der Waals surface area contributed by atoms with Crippen molar-refractivity contribution in [3.8, 4) is 0 Å². The fourth-order valence-corrected chi connectivity index (χ4v) is 4.10. The topological polar surface area (TPSA) is 48.5 Å². The van der Waals surface area contributed by atoms with Crippen LogP contribution in [0.5, 0.6) is 0 Å². The Balaban J connectivity index is 0.000000299. The molecule has 0 bridgehead atoms. The van der Waals surface area contributed by atoms with E-state index in [2.05, 4.69) is 23.0 Å². The van der Waals surface area contributed by atoms with E-state index < -0.39 is 0 Å². The van der Waals surface area contributed by atoms with Gasteiger partial charge in [0.25, 0.3) is 0 Å². The van der Waals surface area contributed by atoms with Crippen LogP contribution < -0.4 is 4.90 Å². The van der Waals surface area contributed by atoms with Crippen LogP contribution in [0.4, 0.5) is 5.00 Å². The van der Waals surface area contributed by atoms with Crippen LogP contribution in [0.2, 0.25) is 10.2 Å². The third kappa shape index (κ3) is 4.43. The van der Waals surface area contributed by atoms with Crippen molar-refractivity contribution in [2.24, 2.45) is 4.99 Å². The average Bonchev–Trinajstić information content (AvgIpc) is 3.30. The van der Waals surface area contributed by atoms with Crippen LogP contribution in [0.25, 0.3) is 0 Å². The second kappa shape index (κ2) is 8.74. The fraction of sp³-hybridized carbons (Fsp3) is 0.200. The Morgan fingerprint density at radius 2 is 1.96 bits per heavy atom. The highest BCUT2D eigenvalue weighted by molar-refractivity contribution is 7.16. The van der Waals surface area contributed by atoms with E-state index in [1.807, 2.05) is 37.4 Å². The van der Waals surface area contributed by atoms with Gasteiger partial charge in [0, 0.05) is 34.3 Å². The van der Waals surface area contributed by atoms with E-state index >= 15 is 0 Å². The molecule has 0 radical (unpaired) electrons. The molecule has 1 aliphatic heterocycles. The van der Waals surface area contributed by atoms with Gasteiger partial charge >= 0.3 is 0 Å². The van der Waals surface area contributed by atoms with Crippen molar-refractivity contribution in [3.63, 3.8) is 0 Å². The number of carbonyl (C=O) groups excluding carboxylic acids is 1. The molecule has 0 aliphatic carbocycles. The van der Waals surface area contributed by atoms with E-state index in [1.165, 1.54) is 4.88 Å². The van der Waals surface area contributed by atoms with Crippen LogP contribution in [0.15, 0.2) is 53.7 Å². The summed E-state index contributed by atoms with van der Waals surface area (Å²) in [5.41, 5.74) is 2.69. The first kappa shape index (κ1) is 19.7. The van der Waals surface area contributed by atoms with Crippen LogP contribution in [0.3, 0.4) is 0 Å². The summed E-state index contributed by atoms with van der Waals surface area (Å²) in [6, 6.07) is 13.4. The summed E-state index contributed by atoms with van der Waals surface area (Å²) in [4.78, 5) is 22.4. The Morgan fingerprint density at radius 3 is 2.56 bits per heavy atom. The molecule has 4 nitrogen and oxygen atoms in total. The van der Waals surface area contributed by atoms with Gasteiger partial charge in [0.05, 0.1) is 5.71 Å². The van der Waals surface area contributed by atoms with Gasteiger partial charge in [-0.1, -0.05) is 48.3 Å². The molecule has 4 rings (SSSR count). The number of aromatic nitrogens is 1. The number of aromatic amines is 1. The molecule has 0 atom stereocenters. The third-order valence-electron chi connectivity index (χ3n) is 4.11. The number of nitrogens with one attached hydrogen (secondary N) is 1. The van der Waals surface area contributed by atoms with Gasteiger partial charge in [0.1, 0.15) is 16.7 Å². The number of halogens is 2. The number of rotatable bonds is 2. The molecular weight excluding hydrogens is 401 g/mol. The van der Waals surface area contributed by atoms with E-state index in [0.29, 0.717) is 10.2 Å². The molecule has 2 aromatic heterocycles. The van der Waals surface area contributed by atoms with E-state index in [0.717, 1.165) is 28.3 Å². The zero-order valence-corrected chi connectivity index (χ0v) is 17.3. The number of carbonyl (C=O) groups is 1. The standard InChI is InChI=1S/C16H15ClN2OS.C4H4ClN/c1-3-10-8-12-15(11-6-4-5-7-13(11)17)18-9-14(20)19(2)16(12)21-10;5-4-2-1-3-6-4/h4-8H,3,9H2,1-2H3;1-3,6H. The SMILES string of the molecule is CCc1cc2c(s1)N(C)C(=O)CN=C2c1ccccc1Cl.Clc1ccc[nH]1. The summed E-state index contributed by atoms with van der Waals surface area (Å²) in [5, 5.41) is 2.30. The van der Waals surface area contributed by atoms with Gasteiger partial charge in [-0.25, -0.2) is 0 Å². The molecule has 0 saturated carbocycles. The molecule has 3 aromatic rings. The van der Waals surface area contributed by atoms with Gasteiger partial charge in [0.2, 0.25) is 5.91 Å². The van der Waals surface area contributed by atoms with E-state index in [4.69, 9.17) is 23.2 Å².